The first-order valence-corrected chi connectivity index (χ1v) is 12.5. The molecule has 36 heavy (non-hydrogen) atoms. The number of likely N-dealkylation sites (tertiary alicyclic amines) is 1. The van der Waals surface area contributed by atoms with Crippen LogP contribution in [0.15, 0.2) is 73.1 Å². The van der Waals surface area contributed by atoms with Crippen molar-refractivity contribution in [3.05, 3.63) is 84.2 Å². The highest BCUT2D eigenvalue weighted by molar-refractivity contribution is 5.94. The predicted octanol–water partition coefficient (Wildman–Crippen LogP) is 5.49. The number of pyridine rings is 1. The first-order chi connectivity index (χ1) is 17.4. The van der Waals surface area contributed by atoms with Crippen LogP contribution in [-0.4, -0.2) is 57.3 Å². The Morgan fingerprint density at radius 3 is 2.28 bits per heavy atom. The first-order valence-electron chi connectivity index (χ1n) is 12.5. The summed E-state index contributed by atoms with van der Waals surface area (Å²) in [5, 5.41) is 9.08. The molecule has 0 N–H and O–H groups in total. The smallest absolute Gasteiger partial charge is 0.253 e. The Hall–Kier alpha value is -3.95. The summed E-state index contributed by atoms with van der Waals surface area (Å²) >= 11 is 0. The van der Waals surface area contributed by atoms with Crippen molar-refractivity contribution >= 4 is 11.6 Å². The van der Waals surface area contributed by atoms with Crippen molar-refractivity contribution in [3.63, 3.8) is 0 Å². The van der Waals surface area contributed by atoms with Gasteiger partial charge in [0.15, 0.2) is 0 Å². The van der Waals surface area contributed by atoms with E-state index in [4.69, 9.17) is 5.26 Å². The van der Waals surface area contributed by atoms with Gasteiger partial charge < -0.3 is 9.80 Å². The minimum atomic E-state index is 0.107. The molecule has 3 heterocycles. The number of nitrogens with zero attached hydrogens (tertiary/aromatic N) is 5. The predicted molar refractivity (Wildman–Crippen MR) is 143 cm³/mol. The van der Waals surface area contributed by atoms with Crippen LogP contribution in [0.5, 0.6) is 0 Å². The Labute approximate surface area is 212 Å². The number of fused-ring (bicyclic) bond motifs is 1. The number of piperidine rings is 1. The lowest BCUT2D eigenvalue weighted by atomic mass is 9.87. The van der Waals surface area contributed by atoms with Crippen LogP contribution in [0, 0.1) is 11.3 Å². The molecule has 1 aliphatic rings. The molecule has 0 unspecified atom stereocenters. The zero-order valence-corrected chi connectivity index (χ0v) is 21.1. The molecule has 0 aliphatic carbocycles. The first kappa shape index (κ1) is 23.8. The molecule has 5 rings (SSSR count). The summed E-state index contributed by atoms with van der Waals surface area (Å²) in [4.78, 5) is 22.1. The van der Waals surface area contributed by atoms with Crippen molar-refractivity contribution in [1.29, 1.82) is 5.26 Å². The van der Waals surface area contributed by atoms with E-state index >= 15 is 0 Å². The van der Waals surface area contributed by atoms with Crippen LogP contribution >= 0.6 is 0 Å². The molecule has 1 aliphatic heterocycles. The van der Waals surface area contributed by atoms with Crippen LogP contribution in [0.25, 0.3) is 28.0 Å². The molecular weight excluding hydrogens is 446 g/mol. The number of benzene rings is 2. The van der Waals surface area contributed by atoms with Gasteiger partial charge in [-0.1, -0.05) is 31.2 Å². The van der Waals surface area contributed by atoms with E-state index in [9.17, 15) is 4.79 Å². The van der Waals surface area contributed by atoms with Crippen molar-refractivity contribution in [2.45, 2.75) is 32.2 Å². The molecule has 6 nitrogen and oxygen atoms in total. The number of hydrogen-bond donors (Lipinski definition) is 0. The zero-order valence-electron chi connectivity index (χ0n) is 21.1. The van der Waals surface area contributed by atoms with Gasteiger partial charge >= 0.3 is 0 Å². The summed E-state index contributed by atoms with van der Waals surface area (Å²) in [6.45, 7) is 7.08. The van der Waals surface area contributed by atoms with Gasteiger partial charge in [0.05, 0.1) is 23.5 Å². The lowest BCUT2D eigenvalue weighted by Crippen LogP contribution is -2.53. The molecule has 1 fully saturated rings. The van der Waals surface area contributed by atoms with E-state index in [1.807, 2.05) is 65.7 Å². The van der Waals surface area contributed by atoms with Crippen molar-refractivity contribution < 1.29 is 4.79 Å². The normalized spacial score (nSPS) is 15.2. The number of amides is 1. The number of nitriles is 1. The van der Waals surface area contributed by atoms with Crippen LogP contribution in [-0.2, 0) is 0 Å². The van der Waals surface area contributed by atoms with Crippen LogP contribution in [0.4, 0.5) is 0 Å². The third-order valence-corrected chi connectivity index (χ3v) is 7.80. The van der Waals surface area contributed by atoms with Crippen molar-refractivity contribution in [2.75, 3.05) is 26.7 Å². The monoisotopic (exact) mass is 477 g/mol. The summed E-state index contributed by atoms with van der Waals surface area (Å²) < 4.78 is 2.06. The molecule has 1 amide bonds. The second-order valence-corrected chi connectivity index (χ2v) is 9.86. The standard InChI is InChI=1S/C30H31N5O/c1-4-33(3)30(2)15-17-34(18-16-30)29(36)25-11-9-23(10-12-25)26-13-14-28-32-20-27(35(28)21-26)24-7-5-22(19-31)6-8-24/h5-14,20-21H,4,15-18H2,1-3H3. The number of imidazole rings is 1. The number of carbonyl (C=O) groups is 1. The Bertz CT molecular complexity index is 1420. The van der Waals surface area contributed by atoms with Gasteiger partial charge in [0.1, 0.15) is 5.65 Å². The quantitative estimate of drug-likeness (QED) is 0.381. The molecule has 0 radical (unpaired) electrons. The van der Waals surface area contributed by atoms with Crippen LogP contribution in [0.3, 0.4) is 0 Å². The van der Waals surface area contributed by atoms with Gasteiger partial charge in [0.25, 0.3) is 5.91 Å². The van der Waals surface area contributed by atoms with E-state index in [1.165, 1.54) is 0 Å². The highest BCUT2D eigenvalue weighted by Crippen LogP contribution is 2.29. The Kier molecular flexibility index (Phi) is 6.34. The van der Waals surface area contributed by atoms with E-state index in [0.717, 1.165) is 66.1 Å². The Balaban J connectivity index is 1.34. The van der Waals surface area contributed by atoms with Crippen molar-refractivity contribution in [3.8, 4) is 28.5 Å². The molecule has 6 heteroatoms. The molecule has 0 bridgehead atoms. The fourth-order valence-corrected chi connectivity index (χ4v) is 5.02. The topological polar surface area (TPSA) is 64.6 Å². The Morgan fingerprint density at radius 2 is 1.64 bits per heavy atom. The van der Waals surface area contributed by atoms with E-state index < -0.39 is 0 Å². The van der Waals surface area contributed by atoms with Gasteiger partial charge in [-0.3, -0.25) is 9.20 Å². The second kappa shape index (κ2) is 9.60. The maximum Gasteiger partial charge on any atom is 0.253 e. The molecule has 1 saturated heterocycles. The number of rotatable bonds is 5. The molecule has 0 atom stereocenters. The minimum Gasteiger partial charge on any atom is -0.339 e. The van der Waals surface area contributed by atoms with Gasteiger partial charge in [-0.15, -0.1) is 0 Å². The highest BCUT2D eigenvalue weighted by atomic mass is 16.2. The summed E-state index contributed by atoms with van der Waals surface area (Å²) in [5.41, 5.74) is 6.45. The molecule has 2 aromatic carbocycles. The van der Waals surface area contributed by atoms with Gasteiger partial charge in [0.2, 0.25) is 0 Å². The van der Waals surface area contributed by atoms with E-state index in [1.54, 1.807) is 0 Å². The Morgan fingerprint density at radius 1 is 1.00 bits per heavy atom. The van der Waals surface area contributed by atoms with Crippen LogP contribution in [0.2, 0.25) is 0 Å². The van der Waals surface area contributed by atoms with Gasteiger partial charge in [-0.2, -0.15) is 5.26 Å². The van der Waals surface area contributed by atoms with E-state index in [2.05, 4.69) is 53.5 Å². The second-order valence-electron chi connectivity index (χ2n) is 9.86. The van der Waals surface area contributed by atoms with Crippen LogP contribution < -0.4 is 0 Å². The summed E-state index contributed by atoms with van der Waals surface area (Å²) in [5.74, 6) is 0.107. The van der Waals surface area contributed by atoms with Gasteiger partial charge in [-0.05, 0) is 80.9 Å². The summed E-state index contributed by atoms with van der Waals surface area (Å²) in [6, 6.07) is 21.6. The lowest BCUT2D eigenvalue weighted by Gasteiger charge is -2.45. The number of aromatic nitrogens is 2. The fourth-order valence-electron chi connectivity index (χ4n) is 5.02. The molecule has 182 valence electrons. The largest absolute Gasteiger partial charge is 0.339 e. The zero-order chi connectivity index (χ0) is 25.3. The number of hydrogen-bond acceptors (Lipinski definition) is 4. The van der Waals surface area contributed by atoms with Crippen molar-refractivity contribution in [1.82, 2.24) is 19.2 Å². The maximum absolute atomic E-state index is 13.2. The molecule has 2 aromatic heterocycles. The van der Waals surface area contributed by atoms with E-state index in [-0.39, 0.29) is 11.4 Å². The molecule has 0 saturated carbocycles. The SMILES string of the molecule is CCN(C)C1(C)CCN(C(=O)c2ccc(-c3ccc4ncc(-c5ccc(C#N)cc5)n4c3)cc2)CC1. The fraction of sp³-hybridized carbons (Fsp3) is 0.300. The highest BCUT2D eigenvalue weighted by Gasteiger charge is 2.34. The summed E-state index contributed by atoms with van der Waals surface area (Å²) in [7, 11) is 2.17. The average Bonchev–Trinajstić information content (AvgIpc) is 3.36. The minimum absolute atomic E-state index is 0.107. The average molecular weight is 478 g/mol. The third-order valence-electron chi connectivity index (χ3n) is 7.80. The molecule has 0 spiro atoms. The molecular formula is C30H31N5O. The van der Waals surface area contributed by atoms with Gasteiger partial charge in [-0.25, -0.2) is 4.98 Å². The third kappa shape index (κ3) is 4.38. The maximum atomic E-state index is 13.2. The van der Waals surface area contributed by atoms with Crippen molar-refractivity contribution in [2.24, 2.45) is 0 Å². The molecule has 4 aromatic rings. The van der Waals surface area contributed by atoms with E-state index in [0.29, 0.717) is 5.56 Å². The summed E-state index contributed by atoms with van der Waals surface area (Å²) in [6.07, 6.45) is 5.91. The number of carbonyl (C=O) groups excluding carboxylic acids is 1. The van der Waals surface area contributed by atoms with Gasteiger partial charge in [0, 0.05) is 36.0 Å². The van der Waals surface area contributed by atoms with Crippen LogP contribution in [0.1, 0.15) is 42.6 Å². The lowest BCUT2D eigenvalue weighted by molar-refractivity contribution is 0.0433.